The van der Waals surface area contributed by atoms with Gasteiger partial charge in [-0.15, -0.1) is 11.3 Å². The topological polar surface area (TPSA) is 91.0 Å². The Labute approximate surface area is 100 Å². The minimum atomic E-state index is 0.337. The lowest BCUT2D eigenvalue weighted by Crippen LogP contribution is -1.83. The van der Waals surface area contributed by atoms with Crippen LogP contribution in [0.15, 0.2) is 26.6 Å². The Bertz CT molecular complexity index is 655. The van der Waals surface area contributed by atoms with Crippen molar-refractivity contribution >= 4 is 16.5 Å². The second kappa shape index (κ2) is 3.70. The molecule has 0 saturated heterocycles. The molecule has 0 bridgehead atoms. The number of thiazole rings is 1. The van der Waals surface area contributed by atoms with Crippen molar-refractivity contribution in [3.63, 3.8) is 0 Å². The Balaban J connectivity index is 2.01. The first-order valence-corrected chi connectivity index (χ1v) is 5.71. The van der Waals surface area contributed by atoms with E-state index in [9.17, 15) is 0 Å². The smallest absolute Gasteiger partial charge is 0.277 e. The molecule has 3 rings (SSSR count). The summed E-state index contributed by atoms with van der Waals surface area (Å²) in [5.74, 6) is 1.35. The van der Waals surface area contributed by atoms with E-state index in [1.54, 1.807) is 11.6 Å². The highest BCUT2D eigenvalue weighted by atomic mass is 32.1. The molecule has 0 aliphatic heterocycles. The molecule has 0 saturated carbocycles. The Morgan fingerprint density at radius 2 is 2.24 bits per heavy atom. The number of furan rings is 1. The predicted molar refractivity (Wildman–Crippen MR) is 62.3 cm³/mol. The van der Waals surface area contributed by atoms with Crippen LogP contribution < -0.4 is 5.73 Å². The number of anilines is 1. The summed E-state index contributed by atoms with van der Waals surface area (Å²) in [7, 11) is 0. The van der Waals surface area contributed by atoms with Crippen molar-refractivity contribution in [2.45, 2.75) is 6.92 Å². The number of nitrogens with two attached hydrogens (primary N) is 1. The third-order valence-electron chi connectivity index (χ3n) is 2.23. The van der Waals surface area contributed by atoms with E-state index >= 15 is 0 Å². The van der Waals surface area contributed by atoms with Crippen molar-refractivity contribution in [2.75, 3.05) is 5.73 Å². The molecule has 0 atom stereocenters. The normalized spacial score (nSPS) is 10.9. The van der Waals surface area contributed by atoms with Crippen LogP contribution in [0.25, 0.3) is 23.2 Å². The number of nitrogen functional groups attached to an aromatic ring is 1. The van der Waals surface area contributed by atoms with E-state index in [1.165, 1.54) is 11.3 Å². The van der Waals surface area contributed by atoms with Crippen molar-refractivity contribution in [1.29, 1.82) is 0 Å². The maximum atomic E-state index is 5.54. The Kier molecular flexibility index (Phi) is 2.19. The van der Waals surface area contributed by atoms with Gasteiger partial charge in [-0.25, -0.2) is 4.98 Å². The molecule has 2 N–H and O–H groups in total. The summed E-state index contributed by atoms with van der Waals surface area (Å²) in [4.78, 5) is 8.28. The van der Waals surface area contributed by atoms with Crippen LogP contribution in [0.4, 0.5) is 5.13 Å². The lowest BCUT2D eigenvalue weighted by Gasteiger charge is -1.87. The van der Waals surface area contributed by atoms with E-state index in [4.69, 9.17) is 14.7 Å². The van der Waals surface area contributed by atoms with Crippen LogP contribution >= 0.6 is 11.3 Å². The van der Waals surface area contributed by atoms with Crippen molar-refractivity contribution in [3.8, 4) is 23.2 Å². The van der Waals surface area contributed by atoms with E-state index in [1.807, 2.05) is 13.0 Å². The summed E-state index contributed by atoms with van der Waals surface area (Å²) in [6, 6.07) is 1.84. The molecule has 17 heavy (non-hydrogen) atoms. The zero-order chi connectivity index (χ0) is 11.8. The Morgan fingerprint density at radius 1 is 1.35 bits per heavy atom. The standard InChI is InChI=1S/C10H8N4O2S/c1-5-2-3-15-7(5)8-13-9(16-14-8)6-4-17-10(11)12-6/h2-4H,1H3,(H2,11,12). The molecule has 3 aromatic rings. The second-order valence-electron chi connectivity index (χ2n) is 3.43. The summed E-state index contributed by atoms with van der Waals surface area (Å²) < 4.78 is 10.4. The Morgan fingerprint density at radius 3 is 2.88 bits per heavy atom. The van der Waals surface area contributed by atoms with Gasteiger partial charge < -0.3 is 14.7 Å². The molecule has 0 radical (unpaired) electrons. The van der Waals surface area contributed by atoms with Gasteiger partial charge in [-0.3, -0.25) is 0 Å². The van der Waals surface area contributed by atoms with Gasteiger partial charge in [0.2, 0.25) is 5.82 Å². The van der Waals surface area contributed by atoms with Gasteiger partial charge in [-0.1, -0.05) is 5.16 Å². The zero-order valence-corrected chi connectivity index (χ0v) is 9.69. The number of hydrogen-bond donors (Lipinski definition) is 1. The molecule has 0 aliphatic carbocycles. The summed E-state index contributed by atoms with van der Waals surface area (Å²) in [6.45, 7) is 1.91. The van der Waals surface area contributed by atoms with Crippen LogP contribution in [-0.4, -0.2) is 15.1 Å². The van der Waals surface area contributed by atoms with Crippen LogP contribution in [0.5, 0.6) is 0 Å². The predicted octanol–water partition coefficient (Wildman–Crippen LogP) is 2.34. The average Bonchev–Trinajstić information content (AvgIpc) is 2.97. The summed E-state index contributed by atoms with van der Waals surface area (Å²) >= 11 is 1.32. The first kappa shape index (κ1) is 10.0. The molecule has 3 aromatic heterocycles. The van der Waals surface area contributed by atoms with E-state index in [0.29, 0.717) is 28.3 Å². The summed E-state index contributed by atoms with van der Waals surface area (Å²) in [6.07, 6.45) is 1.58. The molecule has 0 spiro atoms. The average molecular weight is 248 g/mol. The number of aryl methyl sites for hydroxylation is 1. The van der Waals surface area contributed by atoms with Gasteiger partial charge in [0.1, 0.15) is 5.69 Å². The van der Waals surface area contributed by atoms with Crippen molar-refractivity contribution < 1.29 is 8.94 Å². The van der Waals surface area contributed by atoms with Gasteiger partial charge in [-0.05, 0) is 18.6 Å². The van der Waals surface area contributed by atoms with Gasteiger partial charge >= 0.3 is 0 Å². The number of hydrogen-bond acceptors (Lipinski definition) is 7. The fourth-order valence-corrected chi connectivity index (χ4v) is 1.94. The van der Waals surface area contributed by atoms with Crippen molar-refractivity contribution in [1.82, 2.24) is 15.1 Å². The van der Waals surface area contributed by atoms with Crippen LogP contribution in [-0.2, 0) is 0 Å². The van der Waals surface area contributed by atoms with E-state index in [-0.39, 0.29) is 0 Å². The van der Waals surface area contributed by atoms with Crippen molar-refractivity contribution in [3.05, 3.63) is 23.3 Å². The third kappa shape index (κ3) is 1.70. The first-order valence-electron chi connectivity index (χ1n) is 4.83. The fraction of sp³-hybridized carbons (Fsp3) is 0.100. The van der Waals surface area contributed by atoms with Crippen LogP contribution in [0.2, 0.25) is 0 Å². The molecule has 7 heteroatoms. The molecule has 0 unspecified atom stereocenters. The number of nitrogens with zero attached hydrogens (tertiary/aromatic N) is 3. The quantitative estimate of drug-likeness (QED) is 0.748. The van der Waals surface area contributed by atoms with Crippen molar-refractivity contribution in [2.24, 2.45) is 0 Å². The highest BCUT2D eigenvalue weighted by Crippen LogP contribution is 2.26. The van der Waals surface area contributed by atoms with Gasteiger partial charge in [0.05, 0.1) is 6.26 Å². The molecular weight excluding hydrogens is 240 g/mol. The number of aromatic nitrogens is 3. The lowest BCUT2D eigenvalue weighted by molar-refractivity contribution is 0.428. The van der Waals surface area contributed by atoms with Gasteiger partial charge in [0, 0.05) is 5.38 Å². The third-order valence-corrected chi connectivity index (χ3v) is 2.91. The largest absolute Gasteiger partial charge is 0.461 e. The highest BCUT2D eigenvalue weighted by molar-refractivity contribution is 7.13. The maximum absolute atomic E-state index is 5.54. The molecule has 86 valence electrons. The first-order chi connectivity index (χ1) is 8.24. The van der Waals surface area contributed by atoms with Gasteiger partial charge in [-0.2, -0.15) is 4.98 Å². The zero-order valence-electron chi connectivity index (χ0n) is 8.88. The molecule has 6 nitrogen and oxygen atoms in total. The van der Waals surface area contributed by atoms with Crippen LogP contribution in [0, 0.1) is 6.92 Å². The summed E-state index contributed by atoms with van der Waals surface area (Å²) in [5.41, 5.74) is 7.07. The van der Waals surface area contributed by atoms with E-state index < -0.39 is 0 Å². The fourth-order valence-electron chi connectivity index (χ4n) is 1.41. The van der Waals surface area contributed by atoms with E-state index in [2.05, 4.69) is 15.1 Å². The van der Waals surface area contributed by atoms with Crippen LogP contribution in [0.1, 0.15) is 5.56 Å². The van der Waals surface area contributed by atoms with E-state index in [0.717, 1.165) is 5.56 Å². The Hall–Kier alpha value is -2.15. The summed E-state index contributed by atoms with van der Waals surface area (Å²) in [5, 5.41) is 6.08. The second-order valence-corrected chi connectivity index (χ2v) is 4.32. The molecule has 3 heterocycles. The van der Waals surface area contributed by atoms with Crippen LogP contribution in [0.3, 0.4) is 0 Å². The molecule has 0 amide bonds. The van der Waals surface area contributed by atoms with Gasteiger partial charge in [0.15, 0.2) is 10.9 Å². The molecule has 0 aromatic carbocycles. The maximum Gasteiger partial charge on any atom is 0.277 e. The SMILES string of the molecule is Cc1ccoc1-c1noc(-c2csc(N)n2)n1. The van der Waals surface area contributed by atoms with Gasteiger partial charge in [0.25, 0.3) is 5.89 Å². The molecular formula is C10H8N4O2S. The lowest BCUT2D eigenvalue weighted by atomic mass is 10.3. The molecule has 0 aliphatic rings. The minimum absolute atomic E-state index is 0.337. The number of rotatable bonds is 2. The molecule has 0 fully saturated rings. The monoisotopic (exact) mass is 248 g/mol. The highest BCUT2D eigenvalue weighted by Gasteiger charge is 2.16. The minimum Gasteiger partial charge on any atom is -0.461 e.